The molecular weight excluding hydrogens is 337 g/mol. The van der Waals surface area contributed by atoms with E-state index in [1.54, 1.807) is 24.3 Å². The molecule has 4 N–H and O–H groups in total. The number of nitrogen functional groups attached to an aromatic ring is 1. The molecule has 0 spiro atoms. The van der Waals surface area contributed by atoms with Crippen molar-refractivity contribution in [2.24, 2.45) is 0 Å². The summed E-state index contributed by atoms with van der Waals surface area (Å²) in [5, 5.41) is 9.43. The number of rotatable bonds is 9. The quantitative estimate of drug-likeness (QED) is 0.359. The lowest BCUT2D eigenvalue weighted by atomic mass is 10.0. The van der Waals surface area contributed by atoms with Crippen LogP contribution in [0.2, 0.25) is 0 Å². The number of hydrogen-bond acceptors (Lipinski definition) is 3. The highest BCUT2D eigenvalue weighted by Gasteiger charge is 2.29. The highest BCUT2D eigenvalue weighted by molar-refractivity contribution is 7.58. The summed E-state index contributed by atoms with van der Waals surface area (Å²) in [6.45, 7) is 0. The van der Waals surface area contributed by atoms with Gasteiger partial charge in [-0.3, -0.25) is 9.36 Å². The number of carbonyl (C=O) groups is 1. The Kier molecular flexibility index (Phi) is 6.80. The van der Waals surface area contributed by atoms with E-state index < -0.39 is 19.3 Å². The maximum atomic E-state index is 12.5. The lowest BCUT2D eigenvalue weighted by molar-refractivity contribution is -0.138. The minimum Gasteiger partial charge on any atom is -0.481 e. The van der Waals surface area contributed by atoms with Crippen LogP contribution in [0, 0.1) is 0 Å². The predicted molar refractivity (Wildman–Crippen MR) is 100 cm³/mol. The van der Waals surface area contributed by atoms with Crippen LogP contribution < -0.4 is 5.73 Å². The fourth-order valence-corrected chi connectivity index (χ4v) is 4.65. The molecule has 0 aliphatic rings. The monoisotopic (exact) mass is 361 g/mol. The van der Waals surface area contributed by atoms with Gasteiger partial charge in [0, 0.05) is 18.0 Å². The number of nitrogens with two attached hydrogens (primary N) is 1. The summed E-state index contributed by atoms with van der Waals surface area (Å²) in [5.41, 5.74) is 7.79. The average molecular weight is 361 g/mol. The summed E-state index contributed by atoms with van der Waals surface area (Å²) in [6.07, 6.45) is 2.10. The third kappa shape index (κ3) is 6.37. The molecule has 2 aromatic rings. The number of aliphatic carboxylic acids is 1. The molecule has 0 aliphatic heterocycles. The van der Waals surface area contributed by atoms with Gasteiger partial charge in [0.1, 0.15) is 0 Å². The first-order valence-corrected chi connectivity index (χ1v) is 10.3. The highest BCUT2D eigenvalue weighted by Crippen LogP contribution is 2.46. The Hall–Kier alpha value is -2.10. The standard InChI is InChI=1S/C19H24NO4P/c20-17-11-6-10-16(13-17)18(19(21)22)14-25(23,24)12-5-4-9-15-7-2-1-3-8-15/h1-3,6-8,10-11,13,18H,4-5,9,12,14,20H2,(H,21,22)(H,23,24). The third-order valence-corrected chi connectivity index (χ3v) is 6.10. The van der Waals surface area contributed by atoms with Crippen LogP contribution in [0.15, 0.2) is 54.6 Å². The normalized spacial score (nSPS) is 14.6. The highest BCUT2D eigenvalue weighted by atomic mass is 31.2. The van der Waals surface area contributed by atoms with E-state index in [1.807, 2.05) is 30.3 Å². The summed E-state index contributed by atoms with van der Waals surface area (Å²) in [7, 11) is -3.53. The third-order valence-electron chi connectivity index (χ3n) is 4.14. The van der Waals surface area contributed by atoms with Crippen LogP contribution in [0.25, 0.3) is 0 Å². The molecule has 0 heterocycles. The van der Waals surface area contributed by atoms with Crippen molar-refractivity contribution < 1.29 is 19.4 Å². The molecule has 134 valence electrons. The molecule has 0 radical (unpaired) electrons. The van der Waals surface area contributed by atoms with Gasteiger partial charge >= 0.3 is 5.97 Å². The summed E-state index contributed by atoms with van der Waals surface area (Å²) < 4.78 is 12.5. The maximum Gasteiger partial charge on any atom is 0.311 e. The van der Waals surface area contributed by atoms with Crippen LogP contribution in [-0.4, -0.2) is 28.3 Å². The van der Waals surface area contributed by atoms with Gasteiger partial charge in [0.05, 0.1) is 5.92 Å². The van der Waals surface area contributed by atoms with E-state index in [9.17, 15) is 19.4 Å². The predicted octanol–water partition coefficient (Wildman–Crippen LogP) is 3.73. The Bertz CT molecular complexity index is 748. The number of hydrogen-bond donors (Lipinski definition) is 3. The van der Waals surface area contributed by atoms with Gasteiger partial charge in [0.2, 0.25) is 7.37 Å². The molecular formula is C19H24NO4P. The lowest BCUT2D eigenvalue weighted by Gasteiger charge is -2.18. The Morgan fingerprint density at radius 3 is 2.44 bits per heavy atom. The topological polar surface area (TPSA) is 101 Å². The number of aryl methyl sites for hydroxylation is 1. The van der Waals surface area contributed by atoms with Gasteiger partial charge < -0.3 is 15.7 Å². The molecule has 2 atom stereocenters. The first-order valence-electron chi connectivity index (χ1n) is 8.30. The van der Waals surface area contributed by atoms with Crippen LogP contribution in [0.3, 0.4) is 0 Å². The van der Waals surface area contributed by atoms with Crippen LogP contribution in [-0.2, 0) is 15.8 Å². The van der Waals surface area contributed by atoms with Crippen molar-refractivity contribution in [2.45, 2.75) is 25.2 Å². The number of benzene rings is 2. The van der Waals surface area contributed by atoms with Gasteiger partial charge in [-0.25, -0.2) is 0 Å². The molecule has 0 aliphatic carbocycles. The second kappa shape index (κ2) is 8.84. The minimum atomic E-state index is -3.53. The van der Waals surface area contributed by atoms with E-state index in [-0.39, 0.29) is 12.3 Å². The zero-order valence-electron chi connectivity index (χ0n) is 14.0. The van der Waals surface area contributed by atoms with Crippen molar-refractivity contribution in [3.05, 3.63) is 65.7 Å². The minimum absolute atomic E-state index is 0.131. The summed E-state index contributed by atoms with van der Waals surface area (Å²) >= 11 is 0. The van der Waals surface area contributed by atoms with Crippen LogP contribution in [0.1, 0.15) is 29.9 Å². The van der Waals surface area contributed by atoms with Crippen molar-refractivity contribution in [3.8, 4) is 0 Å². The van der Waals surface area contributed by atoms with Gasteiger partial charge in [0.15, 0.2) is 0 Å². The molecule has 0 bridgehead atoms. The molecule has 0 amide bonds. The molecule has 25 heavy (non-hydrogen) atoms. The van der Waals surface area contributed by atoms with E-state index >= 15 is 0 Å². The average Bonchev–Trinajstić information content (AvgIpc) is 2.57. The number of carboxylic acids is 1. The number of anilines is 1. The summed E-state index contributed by atoms with van der Waals surface area (Å²) in [5.74, 6) is -2.13. The Morgan fingerprint density at radius 1 is 1.08 bits per heavy atom. The summed E-state index contributed by atoms with van der Waals surface area (Å²) in [6, 6.07) is 16.4. The molecule has 0 saturated carbocycles. The van der Waals surface area contributed by atoms with Crippen LogP contribution >= 0.6 is 7.37 Å². The maximum absolute atomic E-state index is 12.5. The smallest absolute Gasteiger partial charge is 0.311 e. The second-order valence-corrected chi connectivity index (χ2v) is 8.76. The molecule has 0 aromatic heterocycles. The van der Waals surface area contributed by atoms with E-state index in [1.165, 1.54) is 5.56 Å². The Labute approximate surface area is 148 Å². The Morgan fingerprint density at radius 2 is 1.80 bits per heavy atom. The van der Waals surface area contributed by atoms with Crippen molar-refractivity contribution >= 4 is 19.0 Å². The van der Waals surface area contributed by atoms with Gasteiger partial charge in [-0.1, -0.05) is 42.5 Å². The van der Waals surface area contributed by atoms with Crippen molar-refractivity contribution in [3.63, 3.8) is 0 Å². The zero-order valence-corrected chi connectivity index (χ0v) is 14.9. The van der Waals surface area contributed by atoms with Crippen LogP contribution in [0.4, 0.5) is 5.69 Å². The van der Waals surface area contributed by atoms with E-state index in [0.29, 0.717) is 17.7 Å². The Balaban J connectivity index is 1.91. The van der Waals surface area contributed by atoms with E-state index in [0.717, 1.165) is 12.8 Å². The molecule has 2 aromatic carbocycles. The first kappa shape index (κ1) is 19.2. The largest absolute Gasteiger partial charge is 0.481 e. The van der Waals surface area contributed by atoms with Crippen molar-refractivity contribution in [1.82, 2.24) is 0 Å². The number of unbranched alkanes of at least 4 members (excludes halogenated alkanes) is 1. The van der Waals surface area contributed by atoms with Crippen molar-refractivity contribution in [2.75, 3.05) is 18.1 Å². The molecule has 5 nitrogen and oxygen atoms in total. The molecule has 6 heteroatoms. The first-order chi connectivity index (χ1) is 11.9. The fraction of sp³-hybridized carbons (Fsp3) is 0.316. The molecule has 0 saturated heterocycles. The van der Waals surface area contributed by atoms with Crippen molar-refractivity contribution in [1.29, 1.82) is 0 Å². The summed E-state index contributed by atoms with van der Waals surface area (Å²) in [4.78, 5) is 21.8. The van der Waals surface area contributed by atoms with Gasteiger partial charge in [0.25, 0.3) is 0 Å². The zero-order chi connectivity index (χ0) is 18.3. The van der Waals surface area contributed by atoms with Crippen LogP contribution in [0.5, 0.6) is 0 Å². The number of carboxylic acid groups (broad SMARTS) is 1. The van der Waals surface area contributed by atoms with Gasteiger partial charge in [-0.15, -0.1) is 0 Å². The van der Waals surface area contributed by atoms with E-state index in [2.05, 4.69) is 0 Å². The van der Waals surface area contributed by atoms with E-state index in [4.69, 9.17) is 5.73 Å². The molecule has 2 unspecified atom stereocenters. The fourth-order valence-electron chi connectivity index (χ4n) is 2.81. The second-order valence-electron chi connectivity index (χ2n) is 6.26. The molecule has 2 rings (SSSR count). The van der Waals surface area contributed by atoms with Gasteiger partial charge in [-0.2, -0.15) is 0 Å². The molecule has 0 fully saturated rings. The van der Waals surface area contributed by atoms with Gasteiger partial charge in [-0.05, 0) is 42.5 Å². The lowest BCUT2D eigenvalue weighted by Crippen LogP contribution is -2.17. The SMILES string of the molecule is Nc1cccc(C(CP(=O)(O)CCCCc2ccccc2)C(=O)O)c1.